The molecule has 2 heterocycles. The summed E-state index contributed by atoms with van der Waals surface area (Å²) in [5.74, 6) is 0.254. The lowest BCUT2D eigenvalue weighted by Crippen LogP contribution is -2.55. The van der Waals surface area contributed by atoms with Crippen molar-refractivity contribution in [2.75, 3.05) is 26.2 Å². The van der Waals surface area contributed by atoms with Crippen molar-refractivity contribution in [1.82, 2.24) is 9.88 Å². The normalized spacial score (nSPS) is 16.0. The largest absolute Gasteiger partial charge is 0.491 e. The highest BCUT2D eigenvalue weighted by Crippen LogP contribution is 2.33. The number of hydrogen-bond donors (Lipinski definition) is 1. The Bertz CT molecular complexity index is 1000. The Morgan fingerprint density at radius 1 is 1.17 bits per heavy atom. The Balaban J connectivity index is 1.43. The average molecular weight is 410 g/mol. The number of aromatic nitrogens is 1. The zero-order valence-electron chi connectivity index (χ0n) is 17.3. The molecule has 2 aromatic carbocycles. The molecular formula is C24H27FN2O3. The highest BCUT2D eigenvalue weighted by atomic mass is 19.1. The van der Waals surface area contributed by atoms with Gasteiger partial charge in [0.2, 0.25) is 0 Å². The third-order valence-corrected chi connectivity index (χ3v) is 5.15. The fourth-order valence-corrected chi connectivity index (χ4v) is 3.85. The van der Waals surface area contributed by atoms with Crippen molar-refractivity contribution in [3.63, 3.8) is 0 Å². The number of nitrogens with zero attached hydrogens (tertiary/aromatic N) is 2. The predicted molar refractivity (Wildman–Crippen MR) is 115 cm³/mol. The van der Waals surface area contributed by atoms with Gasteiger partial charge >= 0.3 is 0 Å². The van der Waals surface area contributed by atoms with Gasteiger partial charge in [0.15, 0.2) is 0 Å². The van der Waals surface area contributed by atoms with Crippen LogP contribution < -0.4 is 4.74 Å². The second-order valence-electron chi connectivity index (χ2n) is 8.07. The van der Waals surface area contributed by atoms with Gasteiger partial charge in [-0.3, -0.25) is 9.88 Å². The quantitative estimate of drug-likeness (QED) is 0.611. The first-order valence-electron chi connectivity index (χ1n) is 10.3. The van der Waals surface area contributed by atoms with E-state index in [1.165, 1.54) is 12.3 Å². The van der Waals surface area contributed by atoms with E-state index < -0.39 is 6.10 Å². The molecule has 1 atom stereocenters. The van der Waals surface area contributed by atoms with Crippen LogP contribution in [0.1, 0.15) is 13.8 Å². The summed E-state index contributed by atoms with van der Waals surface area (Å²) < 4.78 is 25.4. The fraction of sp³-hybridized carbons (Fsp3) is 0.375. The van der Waals surface area contributed by atoms with Gasteiger partial charge in [0.1, 0.15) is 24.3 Å². The molecule has 1 saturated heterocycles. The van der Waals surface area contributed by atoms with Gasteiger partial charge in [0.25, 0.3) is 0 Å². The van der Waals surface area contributed by atoms with Gasteiger partial charge in [-0.15, -0.1) is 0 Å². The Kier molecular flexibility index (Phi) is 6.27. The number of rotatable bonds is 8. The maximum atomic E-state index is 13.7. The van der Waals surface area contributed by atoms with Gasteiger partial charge in [0.05, 0.1) is 18.4 Å². The number of aliphatic hydroxyl groups is 1. The topological polar surface area (TPSA) is 54.8 Å². The Labute approximate surface area is 176 Å². The van der Waals surface area contributed by atoms with Crippen molar-refractivity contribution >= 4 is 10.8 Å². The molecule has 1 aromatic heterocycles. The molecule has 5 nitrogen and oxygen atoms in total. The van der Waals surface area contributed by atoms with Crippen LogP contribution >= 0.6 is 0 Å². The lowest BCUT2D eigenvalue weighted by atomic mass is 9.99. The Morgan fingerprint density at radius 2 is 1.97 bits per heavy atom. The van der Waals surface area contributed by atoms with E-state index in [-0.39, 0.29) is 24.6 Å². The molecule has 1 unspecified atom stereocenters. The zero-order chi connectivity index (χ0) is 21.1. The SMILES string of the molecule is CC(C)OC1CN(CC(O)COc2cc(-c3cncc(F)c3)c3ccccc3c2)C1. The molecule has 30 heavy (non-hydrogen) atoms. The highest BCUT2D eigenvalue weighted by Gasteiger charge is 2.29. The van der Waals surface area contributed by atoms with Gasteiger partial charge in [0, 0.05) is 31.4 Å². The summed E-state index contributed by atoms with van der Waals surface area (Å²) in [6.07, 6.45) is 2.70. The van der Waals surface area contributed by atoms with Crippen molar-refractivity contribution in [3.8, 4) is 16.9 Å². The average Bonchev–Trinajstić information content (AvgIpc) is 2.69. The molecule has 0 amide bonds. The number of hydrogen-bond acceptors (Lipinski definition) is 5. The summed E-state index contributed by atoms with van der Waals surface area (Å²) in [6, 6.07) is 13.2. The van der Waals surface area contributed by atoms with Crippen LogP contribution in [0.4, 0.5) is 4.39 Å². The minimum Gasteiger partial charge on any atom is -0.491 e. The number of likely N-dealkylation sites (tertiary alicyclic amines) is 1. The fourth-order valence-electron chi connectivity index (χ4n) is 3.85. The standard InChI is InChI=1S/C24H27FN2O3/c1-16(2)30-22-13-27(14-22)12-20(28)15-29-21-8-17-5-3-4-6-23(17)24(9-21)18-7-19(25)11-26-10-18/h3-11,16,20,22,28H,12-15H2,1-2H3. The van der Waals surface area contributed by atoms with Crippen LogP contribution in [-0.4, -0.2) is 59.5 Å². The third kappa shape index (κ3) is 4.95. The summed E-state index contributed by atoms with van der Waals surface area (Å²) >= 11 is 0. The highest BCUT2D eigenvalue weighted by molar-refractivity contribution is 5.97. The number of halogens is 1. The molecule has 1 aliphatic heterocycles. The first-order valence-corrected chi connectivity index (χ1v) is 10.3. The summed E-state index contributed by atoms with van der Waals surface area (Å²) in [4.78, 5) is 6.13. The summed E-state index contributed by atoms with van der Waals surface area (Å²) in [6.45, 7) is 6.47. The molecule has 4 rings (SSSR count). The maximum Gasteiger partial charge on any atom is 0.142 e. The number of fused-ring (bicyclic) bond motifs is 1. The Hall–Kier alpha value is -2.54. The number of benzene rings is 2. The van der Waals surface area contributed by atoms with Gasteiger partial charge in [-0.1, -0.05) is 24.3 Å². The van der Waals surface area contributed by atoms with Gasteiger partial charge in [-0.05, 0) is 48.4 Å². The molecule has 1 aliphatic rings. The minimum atomic E-state index is -0.601. The van der Waals surface area contributed by atoms with E-state index in [0.29, 0.717) is 17.9 Å². The number of β-amino-alcohol motifs (C(OH)–C–C–N with tert-alkyl or cyclic N) is 1. The molecule has 0 aliphatic carbocycles. The van der Waals surface area contributed by atoms with E-state index in [1.54, 1.807) is 6.20 Å². The van der Waals surface area contributed by atoms with E-state index >= 15 is 0 Å². The summed E-state index contributed by atoms with van der Waals surface area (Å²) in [7, 11) is 0. The first-order chi connectivity index (χ1) is 14.5. The van der Waals surface area contributed by atoms with E-state index in [2.05, 4.69) is 9.88 Å². The summed E-state index contributed by atoms with van der Waals surface area (Å²) in [5, 5.41) is 12.4. The molecule has 0 saturated carbocycles. The lowest BCUT2D eigenvalue weighted by Gasteiger charge is -2.40. The van der Waals surface area contributed by atoms with Crippen LogP contribution in [0.25, 0.3) is 21.9 Å². The van der Waals surface area contributed by atoms with E-state index in [1.807, 2.05) is 50.2 Å². The molecule has 6 heteroatoms. The number of pyridine rings is 1. The lowest BCUT2D eigenvalue weighted by molar-refractivity contribution is -0.0920. The van der Waals surface area contributed by atoms with Gasteiger partial charge in [-0.25, -0.2) is 4.39 Å². The Morgan fingerprint density at radius 3 is 2.73 bits per heavy atom. The van der Waals surface area contributed by atoms with Crippen LogP contribution in [0.15, 0.2) is 54.9 Å². The molecule has 0 bridgehead atoms. The van der Waals surface area contributed by atoms with Crippen LogP contribution in [0.2, 0.25) is 0 Å². The van der Waals surface area contributed by atoms with Gasteiger partial charge in [-0.2, -0.15) is 0 Å². The van der Waals surface area contributed by atoms with Crippen molar-refractivity contribution in [1.29, 1.82) is 0 Å². The maximum absolute atomic E-state index is 13.7. The molecule has 1 fully saturated rings. The van der Waals surface area contributed by atoms with Crippen LogP contribution in [0.5, 0.6) is 5.75 Å². The van der Waals surface area contributed by atoms with E-state index in [0.717, 1.165) is 29.4 Å². The van der Waals surface area contributed by atoms with Crippen molar-refractivity contribution in [2.45, 2.75) is 32.2 Å². The van der Waals surface area contributed by atoms with Gasteiger partial charge < -0.3 is 14.6 Å². The molecular weight excluding hydrogens is 383 g/mol. The van der Waals surface area contributed by atoms with Crippen molar-refractivity contribution in [3.05, 3.63) is 60.7 Å². The first kappa shape index (κ1) is 20.7. The second-order valence-corrected chi connectivity index (χ2v) is 8.07. The van der Waals surface area contributed by atoms with Crippen LogP contribution in [0, 0.1) is 5.82 Å². The predicted octanol–water partition coefficient (Wildman–Crippen LogP) is 3.89. The number of aliphatic hydroxyl groups excluding tert-OH is 1. The smallest absolute Gasteiger partial charge is 0.142 e. The van der Waals surface area contributed by atoms with Crippen molar-refractivity contribution < 1.29 is 19.0 Å². The van der Waals surface area contributed by atoms with E-state index in [9.17, 15) is 9.50 Å². The van der Waals surface area contributed by atoms with Crippen LogP contribution in [-0.2, 0) is 4.74 Å². The minimum absolute atomic E-state index is 0.186. The third-order valence-electron chi connectivity index (χ3n) is 5.15. The van der Waals surface area contributed by atoms with Crippen molar-refractivity contribution in [2.24, 2.45) is 0 Å². The molecule has 0 spiro atoms. The molecule has 3 aromatic rings. The monoisotopic (exact) mass is 410 g/mol. The molecule has 158 valence electrons. The zero-order valence-corrected chi connectivity index (χ0v) is 17.3. The molecule has 0 radical (unpaired) electrons. The van der Waals surface area contributed by atoms with E-state index in [4.69, 9.17) is 9.47 Å². The summed E-state index contributed by atoms with van der Waals surface area (Å²) in [5.41, 5.74) is 1.54. The molecule has 1 N–H and O–H groups in total. The second kappa shape index (κ2) is 9.08. The number of ether oxygens (including phenoxy) is 2. The van der Waals surface area contributed by atoms with Crippen LogP contribution in [0.3, 0.4) is 0 Å².